The molecule has 0 fully saturated rings. The molecule has 6 nitrogen and oxygen atoms in total. The van der Waals surface area contributed by atoms with Crippen LogP contribution in [-0.4, -0.2) is 25.5 Å². The summed E-state index contributed by atoms with van der Waals surface area (Å²) < 4.78 is 34.5. The van der Waals surface area contributed by atoms with Gasteiger partial charge in [0, 0.05) is 34.4 Å². The van der Waals surface area contributed by atoms with E-state index in [9.17, 15) is 8.42 Å². The minimum absolute atomic E-state index is 0.130. The summed E-state index contributed by atoms with van der Waals surface area (Å²) in [5.41, 5.74) is 3.06. The number of anilines is 1. The summed E-state index contributed by atoms with van der Waals surface area (Å²) >= 11 is 1.62. The SMILES string of the molecule is COc1ccc(S(=O)(=O)N(Cc2cccnc2)c2ccnc3c(-c4cccs4)cccc23)cc1. The van der Waals surface area contributed by atoms with Gasteiger partial charge >= 0.3 is 0 Å². The van der Waals surface area contributed by atoms with Crippen molar-refractivity contribution in [2.45, 2.75) is 11.4 Å². The number of fused-ring (bicyclic) bond motifs is 1. The Kier molecular flexibility index (Phi) is 6.00. The average Bonchev–Trinajstić information content (AvgIpc) is 3.42. The first-order valence-corrected chi connectivity index (χ1v) is 12.9. The van der Waals surface area contributed by atoms with Crippen molar-refractivity contribution in [3.63, 3.8) is 0 Å². The smallest absolute Gasteiger partial charge is 0.264 e. The molecule has 0 saturated carbocycles. The molecule has 5 rings (SSSR count). The Morgan fingerprint density at radius 3 is 2.50 bits per heavy atom. The summed E-state index contributed by atoms with van der Waals surface area (Å²) in [6.45, 7) is 0.130. The summed E-state index contributed by atoms with van der Waals surface area (Å²) in [6, 6.07) is 21.7. The minimum atomic E-state index is -3.91. The van der Waals surface area contributed by atoms with Crippen molar-refractivity contribution >= 4 is 38.0 Å². The molecular formula is C26H21N3O3S2. The van der Waals surface area contributed by atoms with Gasteiger partial charge in [-0.25, -0.2) is 8.42 Å². The number of ether oxygens (including phenoxy) is 1. The number of pyridine rings is 2. The van der Waals surface area contributed by atoms with Crippen LogP contribution in [0.2, 0.25) is 0 Å². The topological polar surface area (TPSA) is 72.4 Å². The van der Waals surface area contributed by atoms with Gasteiger partial charge in [0.2, 0.25) is 0 Å². The van der Waals surface area contributed by atoms with Crippen molar-refractivity contribution in [2.24, 2.45) is 0 Å². The minimum Gasteiger partial charge on any atom is -0.497 e. The Labute approximate surface area is 202 Å². The highest BCUT2D eigenvalue weighted by Gasteiger charge is 2.27. The van der Waals surface area contributed by atoms with Gasteiger partial charge in [-0.2, -0.15) is 0 Å². The normalized spacial score (nSPS) is 11.4. The van der Waals surface area contributed by atoms with Crippen LogP contribution in [0.3, 0.4) is 0 Å². The standard InChI is InChI=1S/C26H21N3O3S2/c1-32-20-9-11-21(12-10-20)34(30,31)29(18-19-5-3-14-27-17-19)24-13-15-28-26-22(24)6-2-7-23(26)25-8-4-16-33-25/h2-17H,18H2,1H3. The van der Waals surface area contributed by atoms with E-state index in [4.69, 9.17) is 4.74 Å². The second kappa shape index (κ2) is 9.24. The molecule has 0 atom stereocenters. The zero-order chi connectivity index (χ0) is 23.5. The summed E-state index contributed by atoms with van der Waals surface area (Å²) in [5, 5.41) is 2.77. The zero-order valence-corrected chi connectivity index (χ0v) is 20.0. The lowest BCUT2D eigenvalue weighted by Gasteiger charge is -2.26. The first kappa shape index (κ1) is 22.1. The number of rotatable bonds is 7. The van der Waals surface area contributed by atoms with E-state index in [0.717, 1.165) is 26.9 Å². The zero-order valence-electron chi connectivity index (χ0n) is 18.3. The second-order valence-corrected chi connectivity index (χ2v) is 10.4. The molecule has 5 aromatic rings. The number of nitrogens with zero attached hydrogens (tertiary/aromatic N) is 3. The summed E-state index contributed by atoms with van der Waals surface area (Å²) in [6.07, 6.45) is 5.01. The van der Waals surface area contributed by atoms with E-state index in [1.807, 2.05) is 41.8 Å². The summed E-state index contributed by atoms with van der Waals surface area (Å²) in [4.78, 5) is 10.0. The highest BCUT2D eigenvalue weighted by atomic mass is 32.2. The maximum atomic E-state index is 13.9. The number of thiophene rings is 1. The van der Waals surface area contributed by atoms with Crippen LogP contribution in [0.25, 0.3) is 21.3 Å². The van der Waals surface area contributed by atoms with Gasteiger partial charge in [-0.05, 0) is 53.4 Å². The van der Waals surface area contributed by atoms with Gasteiger partial charge in [-0.3, -0.25) is 14.3 Å². The number of para-hydroxylation sites is 1. The van der Waals surface area contributed by atoms with Crippen LogP contribution >= 0.6 is 11.3 Å². The average molecular weight is 488 g/mol. The molecule has 3 heterocycles. The molecule has 3 aromatic heterocycles. The molecule has 0 aliphatic heterocycles. The van der Waals surface area contributed by atoms with Gasteiger partial charge in [-0.1, -0.05) is 30.3 Å². The summed E-state index contributed by atoms with van der Waals surface area (Å²) in [7, 11) is -2.36. The van der Waals surface area contributed by atoms with Crippen LogP contribution in [0.5, 0.6) is 5.75 Å². The van der Waals surface area contributed by atoms with E-state index in [1.165, 1.54) is 4.31 Å². The Morgan fingerprint density at radius 1 is 0.941 bits per heavy atom. The predicted octanol–water partition coefficient (Wildman–Crippen LogP) is 5.76. The van der Waals surface area contributed by atoms with Gasteiger partial charge in [0.15, 0.2) is 0 Å². The van der Waals surface area contributed by atoms with Gasteiger partial charge in [0.25, 0.3) is 10.0 Å². The third kappa shape index (κ3) is 4.13. The van der Waals surface area contributed by atoms with Crippen molar-refractivity contribution in [3.05, 3.63) is 102 Å². The van der Waals surface area contributed by atoms with Crippen molar-refractivity contribution < 1.29 is 13.2 Å². The number of sulfonamides is 1. The fourth-order valence-electron chi connectivity index (χ4n) is 3.84. The monoisotopic (exact) mass is 487 g/mol. The maximum Gasteiger partial charge on any atom is 0.264 e. The number of methoxy groups -OCH3 is 1. The first-order chi connectivity index (χ1) is 16.6. The van der Waals surface area contributed by atoms with Crippen LogP contribution in [0.15, 0.2) is 102 Å². The second-order valence-electron chi connectivity index (χ2n) is 7.56. The lowest BCUT2D eigenvalue weighted by molar-refractivity contribution is 0.414. The molecule has 0 amide bonds. The third-order valence-electron chi connectivity index (χ3n) is 5.50. The van der Waals surface area contributed by atoms with E-state index in [2.05, 4.69) is 9.97 Å². The molecule has 0 aliphatic carbocycles. The van der Waals surface area contributed by atoms with Crippen molar-refractivity contribution in [3.8, 4) is 16.2 Å². The van der Waals surface area contributed by atoms with Crippen LogP contribution in [0.4, 0.5) is 5.69 Å². The molecule has 170 valence electrons. The number of aromatic nitrogens is 2. The fraction of sp³-hybridized carbons (Fsp3) is 0.0769. The molecule has 8 heteroatoms. The highest BCUT2D eigenvalue weighted by Crippen LogP contribution is 2.37. The largest absolute Gasteiger partial charge is 0.497 e. The molecule has 0 saturated heterocycles. The molecule has 0 unspecified atom stereocenters. The maximum absolute atomic E-state index is 13.9. The van der Waals surface area contributed by atoms with Gasteiger partial charge in [0.1, 0.15) is 5.75 Å². The molecule has 0 bridgehead atoms. The predicted molar refractivity (Wildman–Crippen MR) is 136 cm³/mol. The number of hydrogen-bond donors (Lipinski definition) is 0. The molecule has 0 aliphatic rings. The Balaban J connectivity index is 1.70. The van der Waals surface area contributed by atoms with Crippen molar-refractivity contribution in [2.75, 3.05) is 11.4 Å². The number of benzene rings is 2. The lowest BCUT2D eigenvalue weighted by Crippen LogP contribution is -2.31. The van der Waals surface area contributed by atoms with Crippen molar-refractivity contribution in [1.29, 1.82) is 0 Å². The van der Waals surface area contributed by atoms with E-state index in [-0.39, 0.29) is 11.4 Å². The highest BCUT2D eigenvalue weighted by molar-refractivity contribution is 7.92. The quantitative estimate of drug-likeness (QED) is 0.292. The van der Waals surface area contributed by atoms with E-state index in [1.54, 1.807) is 73.4 Å². The molecule has 0 spiro atoms. The van der Waals surface area contributed by atoms with Gasteiger partial charge in [-0.15, -0.1) is 11.3 Å². The Hall–Kier alpha value is -3.75. The lowest BCUT2D eigenvalue weighted by atomic mass is 10.1. The van der Waals surface area contributed by atoms with E-state index >= 15 is 0 Å². The van der Waals surface area contributed by atoms with Crippen LogP contribution < -0.4 is 9.04 Å². The fourth-order valence-corrected chi connectivity index (χ4v) is 6.07. The van der Waals surface area contributed by atoms with E-state index in [0.29, 0.717) is 11.4 Å². The Bertz CT molecular complexity index is 1520. The third-order valence-corrected chi connectivity index (χ3v) is 8.18. The van der Waals surface area contributed by atoms with Gasteiger partial charge in [0.05, 0.1) is 29.8 Å². The van der Waals surface area contributed by atoms with Crippen LogP contribution in [0.1, 0.15) is 5.56 Å². The first-order valence-electron chi connectivity index (χ1n) is 10.6. The van der Waals surface area contributed by atoms with Crippen LogP contribution in [-0.2, 0) is 16.6 Å². The van der Waals surface area contributed by atoms with Crippen LogP contribution in [0, 0.1) is 0 Å². The van der Waals surface area contributed by atoms with Gasteiger partial charge < -0.3 is 4.74 Å². The Morgan fingerprint density at radius 2 is 1.79 bits per heavy atom. The molecule has 0 radical (unpaired) electrons. The van der Waals surface area contributed by atoms with Crippen molar-refractivity contribution in [1.82, 2.24) is 9.97 Å². The molecular weight excluding hydrogens is 466 g/mol. The summed E-state index contributed by atoms with van der Waals surface area (Å²) in [5.74, 6) is 0.590. The van der Waals surface area contributed by atoms with E-state index < -0.39 is 10.0 Å². The molecule has 34 heavy (non-hydrogen) atoms. The molecule has 0 N–H and O–H groups in total. The number of hydrogen-bond acceptors (Lipinski definition) is 6. The molecule has 2 aromatic carbocycles.